The standard InChI is InChI=1S/C11H15F2N3O/c12-11(13)17-9-2-3-10(15-8-9)16-6-1-4-14-5-7-16/h2-3,8,11,14H,1,4-7H2. The molecule has 0 spiro atoms. The van der Waals surface area contributed by atoms with Crippen LogP contribution >= 0.6 is 0 Å². The number of aromatic nitrogens is 1. The van der Waals surface area contributed by atoms with Gasteiger partial charge in [0.25, 0.3) is 0 Å². The molecule has 0 radical (unpaired) electrons. The summed E-state index contributed by atoms with van der Waals surface area (Å²) >= 11 is 0. The number of nitrogens with one attached hydrogen (secondary N) is 1. The molecule has 17 heavy (non-hydrogen) atoms. The Labute approximate surface area is 98.6 Å². The molecule has 2 heterocycles. The van der Waals surface area contributed by atoms with Gasteiger partial charge in [-0.1, -0.05) is 0 Å². The van der Waals surface area contributed by atoms with Crippen LogP contribution in [0.3, 0.4) is 0 Å². The van der Waals surface area contributed by atoms with Crippen molar-refractivity contribution in [2.75, 3.05) is 31.1 Å². The number of halogens is 2. The van der Waals surface area contributed by atoms with Crippen LogP contribution in [-0.4, -0.2) is 37.8 Å². The molecular weight excluding hydrogens is 228 g/mol. The average molecular weight is 243 g/mol. The molecule has 94 valence electrons. The summed E-state index contributed by atoms with van der Waals surface area (Å²) in [5.74, 6) is 0.895. The van der Waals surface area contributed by atoms with Crippen LogP contribution < -0.4 is 15.0 Å². The minimum atomic E-state index is -2.80. The molecule has 0 unspecified atom stereocenters. The highest BCUT2D eigenvalue weighted by atomic mass is 19.3. The van der Waals surface area contributed by atoms with Crippen molar-refractivity contribution < 1.29 is 13.5 Å². The first kappa shape index (κ1) is 12.0. The van der Waals surface area contributed by atoms with E-state index >= 15 is 0 Å². The molecule has 4 nitrogen and oxygen atoms in total. The second-order valence-electron chi connectivity index (χ2n) is 3.82. The van der Waals surface area contributed by atoms with Gasteiger partial charge in [-0.2, -0.15) is 8.78 Å². The first-order valence-corrected chi connectivity index (χ1v) is 5.62. The molecule has 1 aliphatic rings. The SMILES string of the molecule is FC(F)Oc1ccc(N2CCCNCC2)nc1. The number of rotatable bonds is 3. The van der Waals surface area contributed by atoms with Gasteiger partial charge in [0.15, 0.2) is 0 Å². The van der Waals surface area contributed by atoms with E-state index in [9.17, 15) is 8.78 Å². The van der Waals surface area contributed by atoms with Gasteiger partial charge in [0, 0.05) is 19.6 Å². The van der Waals surface area contributed by atoms with Crippen molar-refractivity contribution in [2.24, 2.45) is 0 Å². The summed E-state index contributed by atoms with van der Waals surface area (Å²) in [5.41, 5.74) is 0. The summed E-state index contributed by atoms with van der Waals surface area (Å²) in [5, 5.41) is 3.29. The highest BCUT2D eigenvalue weighted by Crippen LogP contribution is 2.17. The molecule has 1 aromatic heterocycles. The fourth-order valence-electron chi connectivity index (χ4n) is 1.81. The van der Waals surface area contributed by atoms with E-state index in [1.54, 1.807) is 6.07 Å². The van der Waals surface area contributed by atoms with E-state index in [1.165, 1.54) is 12.3 Å². The van der Waals surface area contributed by atoms with Crippen LogP contribution in [-0.2, 0) is 0 Å². The van der Waals surface area contributed by atoms with E-state index in [0.717, 1.165) is 38.4 Å². The van der Waals surface area contributed by atoms with Gasteiger partial charge in [-0.3, -0.25) is 0 Å². The zero-order chi connectivity index (χ0) is 12.1. The summed E-state index contributed by atoms with van der Waals surface area (Å²) in [4.78, 5) is 6.27. The maximum absolute atomic E-state index is 12.0. The van der Waals surface area contributed by atoms with E-state index in [2.05, 4.69) is 19.9 Å². The van der Waals surface area contributed by atoms with Crippen LogP contribution in [0.4, 0.5) is 14.6 Å². The number of alkyl halides is 2. The van der Waals surface area contributed by atoms with Crippen LogP contribution in [0.15, 0.2) is 18.3 Å². The van der Waals surface area contributed by atoms with Crippen molar-refractivity contribution in [1.82, 2.24) is 10.3 Å². The van der Waals surface area contributed by atoms with E-state index < -0.39 is 6.61 Å². The van der Waals surface area contributed by atoms with Crippen molar-refractivity contribution in [3.63, 3.8) is 0 Å². The minimum absolute atomic E-state index is 0.0942. The molecule has 6 heteroatoms. The number of ether oxygens (including phenoxy) is 1. The molecule has 0 aromatic carbocycles. The van der Waals surface area contributed by atoms with Gasteiger partial charge in [-0.05, 0) is 25.1 Å². The van der Waals surface area contributed by atoms with Gasteiger partial charge in [-0.25, -0.2) is 4.98 Å². The molecule has 1 saturated heterocycles. The van der Waals surface area contributed by atoms with Crippen LogP contribution in [0.2, 0.25) is 0 Å². The fourth-order valence-corrected chi connectivity index (χ4v) is 1.81. The second-order valence-corrected chi connectivity index (χ2v) is 3.82. The second kappa shape index (κ2) is 5.77. The highest BCUT2D eigenvalue weighted by Gasteiger charge is 2.11. The first-order chi connectivity index (χ1) is 8.25. The van der Waals surface area contributed by atoms with Crippen molar-refractivity contribution in [1.29, 1.82) is 0 Å². The van der Waals surface area contributed by atoms with E-state index in [0.29, 0.717) is 0 Å². The summed E-state index contributed by atoms with van der Waals surface area (Å²) in [7, 11) is 0. The third-order valence-corrected chi connectivity index (χ3v) is 2.61. The molecule has 0 amide bonds. The van der Waals surface area contributed by atoms with Crippen molar-refractivity contribution in [3.05, 3.63) is 18.3 Å². The molecule has 1 aromatic rings. The van der Waals surface area contributed by atoms with Gasteiger partial charge in [0.1, 0.15) is 11.6 Å². The van der Waals surface area contributed by atoms with Crippen LogP contribution in [0, 0.1) is 0 Å². The summed E-state index contributed by atoms with van der Waals surface area (Å²) < 4.78 is 28.2. The number of hydrogen-bond acceptors (Lipinski definition) is 4. The first-order valence-electron chi connectivity index (χ1n) is 5.62. The molecule has 1 N–H and O–H groups in total. The lowest BCUT2D eigenvalue weighted by Crippen LogP contribution is -2.28. The number of hydrogen-bond donors (Lipinski definition) is 1. The largest absolute Gasteiger partial charge is 0.433 e. The minimum Gasteiger partial charge on any atom is -0.433 e. The normalized spacial score (nSPS) is 17.0. The van der Waals surface area contributed by atoms with E-state index in [4.69, 9.17) is 0 Å². The summed E-state index contributed by atoms with van der Waals surface area (Å²) in [6.45, 7) is 0.918. The van der Waals surface area contributed by atoms with Crippen LogP contribution in [0.25, 0.3) is 0 Å². The topological polar surface area (TPSA) is 37.4 Å². The smallest absolute Gasteiger partial charge is 0.387 e. The van der Waals surface area contributed by atoms with Gasteiger partial charge < -0.3 is 15.0 Å². The Morgan fingerprint density at radius 3 is 2.88 bits per heavy atom. The van der Waals surface area contributed by atoms with Gasteiger partial charge in [0.05, 0.1) is 6.20 Å². The Bertz CT molecular complexity index is 337. The number of anilines is 1. The number of nitrogens with zero attached hydrogens (tertiary/aromatic N) is 2. The van der Waals surface area contributed by atoms with Crippen LogP contribution in [0.5, 0.6) is 5.75 Å². The van der Waals surface area contributed by atoms with Gasteiger partial charge >= 0.3 is 6.61 Å². The van der Waals surface area contributed by atoms with Crippen molar-refractivity contribution in [2.45, 2.75) is 13.0 Å². The molecular formula is C11H15F2N3O. The van der Waals surface area contributed by atoms with Gasteiger partial charge in [-0.15, -0.1) is 0 Å². The fraction of sp³-hybridized carbons (Fsp3) is 0.545. The third-order valence-electron chi connectivity index (χ3n) is 2.61. The highest BCUT2D eigenvalue weighted by molar-refractivity contribution is 5.41. The maximum atomic E-state index is 12.0. The Morgan fingerprint density at radius 2 is 2.18 bits per heavy atom. The lowest BCUT2D eigenvalue weighted by molar-refractivity contribution is -0.0500. The molecule has 0 bridgehead atoms. The lowest BCUT2D eigenvalue weighted by atomic mass is 10.3. The summed E-state index contributed by atoms with van der Waals surface area (Å²) in [6, 6.07) is 3.23. The maximum Gasteiger partial charge on any atom is 0.387 e. The Hall–Kier alpha value is -1.43. The van der Waals surface area contributed by atoms with Crippen molar-refractivity contribution in [3.8, 4) is 5.75 Å². The Balaban J connectivity index is 2.00. The van der Waals surface area contributed by atoms with Crippen molar-refractivity contribution >= 4 is 5.82 Å². The zero-order valence-electron chi connectivity index (χ0n) is 9.40. The zero-order valence-corrected chi connectivity index (χ0v) is 9.40. The molecule has 2 rings (SSSR count). The van der Waals surface area contributed by atoms with Crippen LogP contribution in [0.1, 0.15) is 6.42 Å². The van der Waals surface area contributed by atoms with E-state index in [-0.39, 0.29) is 5.75 Å². The third kappa shape index (κ3) is 3.52. The molecule has 1 aliphatic heterocycles. The summed E-state index contributed by atoms with van der Waals surface area (Å²) in [6.07, 6.45) is 2.39. The molecule has 0 aliphatic carbocycles. The predicted octanol–water partition coefficient (Wildman–Crippen LogP) is 1.48. The average Bonchev–Trinajstić information content (AvgIpc) is 2.58. The molecule has 1 fully saturated rings. The molecule has 0 saturated carbocycles. The Morgan fingerprint density at radius 1 is 1.29 bits per heavy atom. The Kier molecular flexibility index (Phi) is 4.08. The van der Waals surface area contributed by atoms with Gasteiger partial charge in [0.2, 0.25) is 0 Å². The lowest BCUT2D eigenvalue weighted by Gasteiger charge is -2.20. The predicted molar refractivity (Wildman–Crippen MR) is 60.6 cm³/mol. The monoisotopic (exact) mass is 243 g/mol. The molecule has 0 atom stereocenters. The number of pyridine rings is 1. The van der Waals surface area contributed by atoms with E-state index in [1.807, 2.05) is 0 Å². The quantitative estimate of drug-likeness (QED) is 0.872.